The normalized spacial score (nSPS) is 13.9. The highest BCUT2D eigenvalue weighted by Crippen LogP contribution is 2.13. The van der Waals surface area contributed by atoms with E-state index in [-0.39, 0.29) is 6.10 Å². The number of esters is 1. The zero-order chi connectivity index (χ0) is 15.7. The molecular weight excluding hydrogens is 272 g/mol. The van der Waals surface area contributed by atoms with Crippen LogP contribution in [0.3, 0.4) is 0 Å². The third-order valence-corrected chi connectivity index (χ3v) is 3.05. The molecule has 1 aromatic rings. The van der Waals surface area contributed by atoms with Crippen molar-refractivity contribution >= 4 is 5.97 Å². The van der Waals surface area contributed by atoms with Crippen molar-refractivity contribution in [3.63, 3.8) is 0 Å². The standard InChI is InChI=1S/C16H22O5/c1-12(15(17)5-4-6-16(18)20-3)21-11-13-7-9-14(19-2)10-8-13/h4,6-10,12,15,17H,5,11H2,1-3H3/b6-4+/t12-,15-/m0/s1. The van der Waals surface area contributed by atoms with Crippen LogP contribution >= 0.6 is 0 Å². The third kappa shape index (κ3) is 6.42. The highest BCUT2D eigenvalue weighted by Gasteiger charge is 2.13. The van der Waals surface area contributed by atoms with E-state index in [2.05, 4.69) is 4.74 Å². The molecule has 0 saturated carbocycles. The van der Waals surface area contributed by atoms with E-state index in [1.54, 1.807) is 20.1 Å². The molecule has 1 N–H and O–H groups in total. The van der Waals surface area contributed by atoms with Crippen LogP contribution in [0.15, 0.2) is 36.4 Å². The number of rotatable bonds is 8. The summed E-state index contributed by atoms with van der Waals surface area (Å²) < 4.78 is 15.2. The molecule has 0 unspecified atom stereocenters. The highest BCUT2D eigenvalue weighted by atomic mass is 16.5. The van der Waals surface area contributed by atoms with Crippen molar-refractivity contribution in [2.45, 2.75) is 32.2 Å². The third-order valence-electron chi connectivity index (χ3n) is 3.05. The van der Waals surface area contributed by atoms with Gasteiger partial charge in [-0.25, -0.2) is 4.79 Å². The number of hydrogen-bond acceptors (Lipinski definition) is 5. The second-order valence-corrected chi connectivity index (χ2v) is 4.59. The summed E-state index contributed by atoms with van der Waals surface area (Å²) in [6.07, 6.45) is 2.18. The summed E-state index contributed by atoms with van der Waals surface area (Å²) >= 11 is 0. The first-order chi connectivity index (χ1) is 10.1. The Kier molecular flexibility index (Phi) is 7.50. The van der Waals surface area contributed by atoms with E-state index in [4.69, 9.17) is 9.47 Å². The van der Waals surface area contributed by atoms with Crippen LogP contribution in [0.25, 0.3) is 0 Å². The summed E-state index contributed by atoms with van der Waals surface area (Å²) in [6, 6.07) is 7.54. The molecule has 0 aliphatic rings. The second-order valence-electron chi connectivity index (χ2n) is 4.59. The number of carbonyl (C=O) groups excluding carboxylic acids is 1. The first kappa shape index (κ1) is 17.2. The molecular formula is C16H22O5. The van der Waals surface area contributed by atoms with Gasteiger partial charge in [-0.05, 0) is 31.0 Å². The molecule has 0 aromatic heterocycles. The van der Waals surface area contributed by atoms with Gasteiger partial charge in [0.1, 0.15) is 5.75 Å². The maximum absolute atomic E-state index is 10.9. The summed E-state index contributed by atoms with van der Waals surface area (Å²) in [4.78, 5) is 10.9. The van der Waals surface area contributed by atoms with Crippen LogP contribution in [0, 0.1) is 0 Å². The Hall–Kier alpha value is -1.85. The molecule has 0 amide bonds. The average molecular weight is 294 g/mol. The van der Waals surface area contributed by atoms with Gasteiger partial charge >= 0.3 is 5.97 Å². The van der Waals surface area contributed by atoms with Crippen LogP contribution < -0.4 is 4.74 Å². The molecule has 0 heterocycles. The van der Waals surface area contributed by atoms with Crippen LogP contribution in [-0.2, 0) is 20.9 Å². The van der Waals surface area contributed by atoms with Crippen molar-refractivity contribution in [1.29, 1.82) is 0 Å². The van der Waals surface area contributed by atoms with Gasteiger partial charge in [0.2, 0.25) is 0 Å². The molecule has 5 heteroatoms. The van der Waals surface area contributed by atoms with Crippen LogP contribution in [0.4, 0.5) is 0 Å². The minimum atomic E-state index is -0.677. The lowest BCUT2D eigenvalue weighted by Gasteiger charge is -2.18. The van der Waals surface area contributed by atoms with E-state index in [0.717, 1.165) is 11.3 Å². The number of benzene rings is 1. The van der Waals surface area contributed by atoms with Crippen molar-refractivity contribution in [2.24, 2.45) is 0 Å². The van der Waals surface area contributed by atoms with Gasteiger partial charge in [0.25, 0.3) is 0 Å². The molecule has 0 aliphatic heterocycles. The number of aliphatic hydroxyl groups excluding tert-OH is 1. The van der Waals surface area contributed by atoms with E-state index in [1.807, 2.05) is 24.3 Å². The number of hydrogen-bond donors (Lipinski definition) is 1. The first-order valence-electron chi connectivity index (χ1n) is 6.74. The monoisotopic (exact) mass is 294 g/mol. The van der Waals surface area contributed by atoms with Crippen LogP contribution in [-0.4, -0.2) is 37.5 Å². The lowest BCUT2D eigenvalue weighted by Crippen LogP contribution is -2.25. The van der Waals surface area contributed by atoms with E-state index >= 15 is 0 Å². The van der Waals surface area contributed by atoms with E-state index in [0.29, 0.717) is 13.0 Å². The van der Waals surface area contributed by atoms with Gasteiger partial charge < -0.3 is 19.3 Å². The lowest BCUT2D eigenvalue weighted by atomic mass is 10.1. The molecule has 0 bridgehead atoms. The highest BCUT2D eigenvalue weighted by molar-refractivity contribution is 5.81. The summed E-state index contributed by atoms with van der Waals surface area (Å²) in [7, 11) is 2.93. The topological polar surface area (TPSA) is 65.0 Å². The van der Waals surface area contributed by atoms with Gasteiger partial charge in [-0.3, -0.25) is 0 Å². The summed E-state index contributed by atoms with van der Waals surface area (Å²) in [5.41, 5.74) is 1.000. The quantitative estimate of drug-likeness (QED) is 0.587. The fourth-order valence-corrected chi connectivity index (χ4v) is 1.62. The Bertz CT molecular complexity index is 452. The fourth-order valence-electron chi connectivity index (χ4n) is 1.62. The molecule has 0 spiro atoms. The fraction of sp³-hybridized carbons (Fsp3) is 0.438. The van der Waals surface area contributed by atoms with E-state index < -0.39 is 12.1 Å². The summed E-state index contributed by atoms with van der Waals surface area (Å²) in [6.45, 7) is 2.20. The zero-order valence-electron chi connectivity index (χ0n) is 12.6. The molecule has 116 valence electrons. The van der Waals surface area contributed by atoms with Crippen molar-refractivity contribution in [1.82, 2.24) is 0 Å². The van der Waals surface area contributed by atoms with Crippen LogP contribution in [0.5, 0.6) is 5.75 Å². The Morgan fingerprint density at radius 2 is 1.95 bits per heavy atom. The minimum absolute atomic E-state index is 0.332. The molecule has 2 atom stereocenters. The number of methoxy groups -OCH3 is 2. The van der Waals surface area contributed by atoms with Gasteiger partial charge in [0.15, 0.2) is 0 Å². The molecule has 0 fully saturated rings. The second kappa shape index (κ2) is 9.15. The number of ether oxygens (including phenoxy) is 3. The molecule has 1 rings (SSSR count). The molecule has 0 saturated heterocycles. The lowest BCUT2D eigenvalue weighted by molar-refractivity contribution is -0.134. The SMILES string of the molecule is COC(=O)/C=C/C[C@H](O)[C@H](C)OCc1ccc(OC)cc1. The van der Waals surface area contributed by atoms with Gasteiger partial charge in [-0.15, -0.1) is 0 Å². The average Bonchev–Trinajstić information content (AvgIpc) is 2.52. The molecule has 1 aromatic carbocycles. The van der Waals surface area contributed by atoms with Crippen LogP contribution in [0.2, 0.25) is 0 Å². The summed E-state index contributed by atoms with van der Waals surface area (Å²) in [5, 5.41) is 9.92. The predicted octanol–water partition coefficient (Wildman–Crippen LogP) is 2.08. The van der Waals surface area contributed by atoms with Gasteiger partial charge in [0, 0.05) is 6.08 Å². The number of aliphatic hydroxyl groups is 1. The van der Waals surface area contributed by atoms with Gasteiger partial charge in [-0.2, -0.15) is 0 Å². The van der Waals surface area contributed by atoms with Gasteiger partial charge in [-0.1, -0.05) is 18.2 Å². The molecule has 0 aliphatic carbocycles. The molecule has 0 radical (unpaired) electrons. The van der Waals surface area contributed by atoms with Crippen molar-refractivity contribution < 1.29 is 24.1 Å². The summed E-state index contributed by atoms with van der Waals surface area (Å²) in [5.74, 6) is 0.355. The van der Waals surface area contributed by atoms with E-state index in [1.165, 1.54) is 13.2 Å². The maximum atomic E-state index is 10.9. The Morgan fingerprint density at radius 3 is 2.52 bits per heavy atom. The van der Waals surface area contributed by atoms with Crippen molar-refractivity contribution in [3.8, 4) is 5.75 Å². The first-order valence-corrected chi connectivity index (χ1v) is 6.74. The minimum Gasteiger partial charge on any atom is -0.497 e. The maximum Gasteiger partial charge on any atom is 0.330 e. The van der Waals surface area contributed by atoms with E-state index in [9.17, 15) is 9.90 Å². The smallest absolute Gasteiger partial charge is 0.330 e. The largest absolute Gasteiger partial charge is 0.497 e. The van der Waals surface area contributed by atoms with Crippen LogP contribution in [0.1, 0.15) is 18.9 Å². The van der Waals surface area contributed by atoms with Crippen molar-refractivity contribution in [2.75, 3.05) is 14.2 Å². The van der Waals surface area contributed by atoms with Gasteiger partial charge in [0.05, 0.1) is 33.0 Å². The zero-order valence-corrected chi connectivity index (χ0v) is 12.6. The Balaban J connectivity index is 2.36. The molecule has 5 nitrogen and oxygen atoms in total. The number of carbonyl (C=O) groups is 1. The Labute approximate surface area is 125 Å². The molecule has 21 heavy (non-hydrogen) atoms. The van der Waals surface area contributed by atoms with Crippen molar-refractivity contribution in [3.05, 3.63) is 42.0 Å². The Morgan fingerprint density at radius 1 is 1.29 bits per heavy atom. The predicted molar refractivity (Wildman–Crippen MR) is 79.0 cm³/mol.